The van der Waals surface area contributed by atoms with Crippen molar-refractivity contribution in [1.82, 2.24) is 10.6 Å². The van der Waals surface area contributed by atoms with Gasteiger partial charge < -0.3 is 10.6 Å². The van der Waals surface area contributed by atoms with Crippen LogP contribution in [0.5, 0.6) is 0 Å². The van der Waals surface area contributed by atoms with E-state index in [9.17, 15) is 8.78 Å². The Morgan fingerprint density at radius 3 is 2.94 bits per heavy atom. The molecule has 18 heavy (non-hydrogen) atoms. The predicted molar refractivity (Wildman–Crippen MR) is 68.3 cm³/mol. The smallest absolute Gasteiger partial charge is 0.130 e. The fraction of sp³-hybridized carbons (Fsp3) is 0.571. The minimum absolute atomic E-state index is 0.324. The summed E-state index contributed by atoms with van der Waals surface area (Å²) >= 11 is 0. The van der Waals surface area contributed by atoms with Crippen LogP contribution in [-0.4, -0.2) is 18.6 Å². The molecular formula is C14H20F2N2. The Morgan fingerprint density at radius 1 is 1.44 bits per heavy atom. The number of hydrogen-bond donors (Lipinski definition) is 2. The molecule has 1 heterocycles. The highest BCUT2D eigenvalue weighted by Gasteiger charge is 2.16. The molecule has 2 N–H and O–H groups in total. The number of hydrogen-bond acceptors (Lipinski definition) is 2. The lowest BCUT2D eigenvalue weighted by Crippen LogP contribution is -2.33. The highest BCUT2D eigenvalue weighted by Crippen LogP contribution is 2.12. The van der Waals surface area contributed by atoms with Crippen molar-refractivity contribution < 1.29 is 8.78 Å². The fourth-order valence-electron chi connectivity index (χ4n) is 2.42. The first-order valence-electron chi connectivity index (χ1n) is 6.56. The largest absolute Gasteiger partial charge is 0.314 e. The van der Waals surface area contributed by atoms with Gasteiger partial charge in [-0.3, -0.25) is 0 Å². The number of nitrogens with one attached hydrogen (secondary N) is 2. The zero-order valence-corrected chi connectivity index (χ0v) is 10.7. The third-order valence-corrected chi connectivity index (χ3v) is 3.46. The maximum atomic E-state index is 13.4. The first-order valence-corrected chi connectivity index (χ1v) is 6.56. The lowest BCUT2D eigenvalue weighted by atomic mass is 10.1. The van der Waals surface area contributed by atoms with Gasteiger partial charge in [0.25, 0.3) is 0 Å². The molecule has 0 aromatic heterocycles. The quantitative estimate of drug-likeness (QED) is 0.844. The van der Waals surface area contributed by atoms with E-state index in [0.717, 1.165) is 19.0 Å². The Labute approximate surface area is 107 Å². The molecule has 100 valence electrons. The minimum Gasteiger partial charge on any atom is -0.314 e. The fourth-order valence-corrected chi connectivity index (χ4v) is 2.42. The molecule has 1 fully saturated rings. The molecule has 1 aliphatic heterocycles. The highest BCUT2D eigenvalue weighted by molar-refractivity contribution is 5.18. The van der Waals surface area contributed by atoms with Gasteiger partial charge in [-0.05, 0) is 38.8 Å². The molecule has 2 rings (SSSR count). The topological polar surface area (TPSA) is 24.1 Å². The van der Waals surface area contributed by atoms with Crippen LogP contribution in [0.4, 0.5) is 8.78 Å². The van der Waals surface area contributed by atoms with Gasteiger partial charge in [0.1, 0.15) is 11.6 Å². The Balaban J connectivity index is 1.79. The summed E-state index contributed by atoms with van der Waals surface area (Å²) in [6.45, 7) is 3.64. The Hall–Kier alpha value is -1.00. The molecule has 0 bridgehead atoms. The predicted octanol–water partition coefficient (Wildman–Crippen LogP) is 2.59. The molecule has 0 aliphatic carbocycles. The third-order valence-electron chi connectivity index (χ3n) is 3.46. The average Bonchev–Trinajstić information content (AvgIpc) is 2.80. The van der Waals surface area contributed by atoms with Crippen LogP contribution in [0.1, 0.15) is 31.7 Å². The lowest BCUT2D eigenvalue weighted by Gasteiger charge is -2.18. The van der Waals surface area contributed by atoms with E-state index in [1.807, 2.05) is 0 Å². The molecule has 0 saturated carbocycles. The third kappa shape index (κ3) is 3.75. The summed E-state index contributed by atoms with van der Waals surface area (Å²) in [5.74, 6) is -1.01. The summed E-state index contributed by atoms with van der Waals surface area (Å²) in [5.41, 5.74) is 0.516. The van der Waals surface area contributed by atoms with Gasteiger partial charge >= 0.3 is 0 Å². The van der Waals surface area contributed by atoms with Crippen LogP contribution in [0, 0.1) is 11.6 Å². The van der Waals surface area contributed by atoms with Crippen molar-refractivity contribution in [3.63, 3.8) is 0 Å². The van der Waals surface area contributed by atoms with Crippen LogP contribution in [0.3, 0.4) is 0 Å². The van der Waals surface area contributed by atoms with Gasteiger partial charge in [-0.2, -0.15) is 0 Å². The summed E-state index contributed by atoms with van der Waals surface area (Å²) in [5, 5.41) is 6.72. The SMILES string of the molecule is CC(CC1CCCN1)NCc1ccc(F)cc1F. The molecule has 2 atom stereocenters. The molecule has 1 aliphatic rings. The van der Waals surface area contributed by atoms with E-state index in [2.05, 4.69) is 17.6 Å². The summed E-state index contributed by atoms with van der Waals surface area (Å²) in [7, 11) is 0. The molecule has 1 aromatic rings. The maximum absolute atomic E-state index is 13.4. The summed E-state index contributed by atoms with van der Waals surface area (Å²) in [6, 6.07) is 4.62. The van der Waals surface area contributed by atoms with Gasteiger partial charge in [0.05, 0.1) is 0 Å². The van der Waals surface area contributed by atoms with Gasteiger partial charge in [-0.25, -0.2) is 8.78 Å². The maximum Gasteiger partial charge on any atom is 0.130 e. The van der Waals surface area contributed by atoms with Gasteiger partial charge in [-0.15, -0.1) is 0 Å². The van der Waals surface area contributed by atoms with E-state index >= 15 is 0 Å². The molecule has 0 amide bonds. The molecular weight excluding hydrogens is 234 g/mol. The molecule has 2 unspecified atom stereocenters. The van der Waals surface area contributed by atoms with E-state index in [4.69, 9.17) is 0 Å². The summed E-state index contributed by atoms with van der Waals surface area (Å²) < 4.78 is 26.2. The second-order valence-electron chi connectivity index (χ2n) is 5.05. The number of benzene rings is 1. The molecule has 2 nitrogen and oxygen atoms in total. The van der Waals surface area contributed by atoms with Crippen molar-refractivity contribution in [2.75, 3.05) is 6.54 Å². The van der Waals surface area contributed by atoms with Crippen LogP contribution in [0.2, 0.25) is 0 Å². The van der Waals surface area contributed by atoms with Crippen molar-refractivity contribution in [2.24, 2.45) is 0 Å². The van der Waals surface area contributed by atoms with Crippen molar-refractivity contribution in [3.8, 4) is 0 Å². The zero-order chi connectivity index (χ0) is 13.0. The van der Waals surface area contributed by atoms with Gasteiger partial charge in [0.2, 0.25) is 0 Å². The molecule has 4 heteroatoms. The van der Waals surface area contributed by atoms with Crippen molar-refractivity contribution >= 4 is 0 Å². The van der Waals surface area contributed by atoms with Crippen LogP contribution in [-0.2, 0) is 6.54 Å². The van der Waals surface area contributed by atoms with Crippen LogP contribution in [0.15, 0.2) is 18.2 Å². The Kier molecular flexibility index (Phi) is 4.66. The lowest BCUT2D eigenvalue weighted by molar-refractivity contribution is 0.435. The summed E-state index contributed by atoms with van der Waals surface area (Å²) in [6.07, 6.45) is 3.50. The molecule has 1 aromatic carbocycles. The van der Waals surface area contributed by atoms with Crippen molar-refractivity contribution in [2.45, 2.75) is 44.8 Å². The highest BCUT2D eigenvalue weighted by atomic mass is 19.1. The average molecular weight is 254 g/mol. The van der Waals surface area contributed by atoms with E-state index < -0.39 is 11.6 Å². The van der Waals surface area contributed by atoms with Crippen LogP contribution in [0.25, 0.3) is 0 Å². The Morgan fingerprint density at radius 2 is 2.28 bits per heavy atom. The van der Waals surface area contributed by atoms with Crippen LogP contribution >= 0.6 is 0 Å². The van der Waals surface area contributed by atoms with Crippen molar-refractivity contribution in [3.05, 3.63) is 35.4 Å². The van der Waals surface area contributed by atoms with Crippen LogP contribution < -0.4 is 10.6 Å². The monoisotopic (exact) mass is 254 g/mol. The van der Waals surface area contributed by atoms with Gasteiger partial charge in [-0.1, -0.05) is 6.07 Å². The molecule has 1 saturated heterocycles. The minimum atomic E-state index is -0.528. The van der Waals surface area contributed by atoms with E-state index in [0.29, 0.717) is 24.2 Å². The molecule has 0 radical (unpaired) electrons. The van der Waals surface area contributed by atoms with E-state index in [-0.39, 0.29) is 0 Å². The summed E-state index contributed by atoms with van der Waals surface area (Å²) in [4.78, 5) is 0. The normalized spacial score (nSPS) is 21.2. The zero-order valence-electron chi connectivity index (χ0n) is 10.7. The van der Waals surface area contributed by atoms with E-state index in [1.165, 1.54) is 25.0 Å². The second kappa shape index (κ2) is 6.25. The number of rotatable bonds is 5. The standard InChI is InChI=1S/C14H20F2N2/c1-10(7-13-3-2-6-17-13)18-9-11-4-5-12(15)8-14(11)16/h4-5,8,10,13,17-18H,2-3,6-7,9H2,1H3. The van der Waals surface area contributed by atoms with E-state index in [1.54, 1.807) is 0 Å². The number of halogens is 2. The first kappa shape index (κ1) is 13.4. The van der Waals surface area contributed by atoms with Gasteiger partial charge in [0, 0.05) is 30.3 Å². The Bertz CT molecular complexity index is 389. The van der Waals surface area contributed by atoms with Gasteiger partial charge in [0.15, 0.2) is 0 Å². The molecule has 0 spiro atoms. The van der Waals surface area contributed by atoms with Crippen molar-refractivity contribution in [1.29, 1.82) is 0 Å². The first-order chi connectivity index (χ1) is 8.65. The second-order valence-corrected chi connectivity index (χ2v) is 5.05.